The number of ether oxygens (including phenoxy) is 1. The van der Waals surface area contributed by atoms with Crippen LogP contribution in [0.15, 0.2) is 23.1 Å². The van der Waals surface area contributed by atoms with Gasteiger partial charge in [-0.2, -0.15) is 0 Å². The Balaban J connectivity index is 2.68. The van der Waals surface area contributed by atoms with Crippen molar-refractivity contribution in [2.75, 3.05) is 25.6 Å². The second-order valence-corrected chi connectivity index (χ2v) is 11.8. The standard InChI is InChI=1S/C22H34NO11PS2/c1-2-3-4-5-6-7-8-9-21(25)34-17(15-33-35(30,31)32-13-12-24)16-36-37-18-10-11-20(23(28)29)19(14-18)22(26)27/h10-11,14,17,24H,2-9,12-13,15-16H2,1H3,(H,26,27)(H,30,31)/t17-/m0/s1. The summed E-state index contributed by atoms with van der Waals surface area (Å²) in [5.41, 5.74) is -0.993. The molecule has 0 aliphatic carbocycles. The van der Waals surface area contributed by atoms with Crippen molar-refractivity contribution >= 4 is 47.0 Å². The van der Waals surface area contributed by atoms with E-state index in [0.717, 1.165) is 59.8 Å². The number of aliphatic hydroxyl groups is 1. The number of hydrogen-bond donors (Lipinski definition) is 3. The number of carbonyl (C=O) groups excluding carboxylic acids is 1. The normalized spacial score (nSPS) is 13.6. The lowest BCUT2D eigenvalue weighted by Crippen LogP contribution is -2.25. The number of aromatic carboxylic acids is 1. The van der Waals surface area contributed by atoms with Crippen LogP contribution in [0.3, 0.4) is 0 Å². The molecule has 1 rings (SSSR count). The molecule has 3 N–H and O–H groups in total. The highest BCUT2D eigenvalue weighted by atomic mass is 33.1. The zero-order valence-corrected chi connectivity index (χ0v) is 23.1. The summed E-state index contributed by atoms with van der Waals surface area (Å²) in [6, 6.07) is 3.65. The van der Waals surface area contributed by atoms with E-state index in [1.165, 1.54) is 18.6 Å². The maximum absolute atomic E-state index is 12.3. The predicted molar refractivity (Wildman–Crippen MR) is 140 cm³/mol. The van der Waals surface area contributed by atoms with Crippen LogP contribution in [0.2, 0.25) is 0 Å². The summed E-state index contributed by atoms with van der Waals surface area (Å²) in [7, 11) is -2.23. The number of benzene rings is 1. The third-order valence-electron chi connectivity index (χ3n) is 4.86. The fourth-order valence-electron chi connectivity index (χ4n) is 3.03. The van der Waals surface area contributed by atoms with Crippen molar-refractivity contribution in [3.05, 3.63) is 33.9 Å². The number of nitro benzene ring substituents is 1. The van der Waals surface area contributed by atoms with Crippen molar-refractivity contribution in [3.63, 3.8) is 0 Å². The van der Waals surface area contributed by atoms with E-state index >= 15 is 0 Å². The molecule has 0 amide bonds. The molecule has 12 nitrogen and oxygen atoms in total. The zero-order chi connectivity index (χ0) is 27.7. The van der Waals surface area contributed by atoms with Crippen molar-refractivity contribution in [2.24, 2.45) is 0 Å². The van der Waals surface area contributed by atoms with E-state index in [1.54, 1.807) is 0 Å². The second kappa shape index (κ2) is 18.6. The summed E-state index contributed by atoms with van der Waals surface area (Å²) < 4.78 is 26.8. The SMILES string of the molecule is CCCCCCCCCC(=O)O[C@@H](COP(=O)(O)OCCO)CSSc1ccc([N+](=O)[O-])c(C(=O)O)c1. The summed E-state index contributed by atoms with van der Waals surface area (Å²) in [6.07, 6.45) is 6.44. The topological polar surface area (TPSA) is 183 Å². The second-order valence-electron chi connectivity index (χ2n) is 7.91. The van der Waals surface area contributed by atoms with Crippen LogP contribution in [0.25, 0.3) is 0 Å². The molecule has 1 aromatic carbocycles. The zero-order valence-electron chi connectivity index (χ0n) is 20.6. The average molecular weight is 584 g/mol. The van der Waals surface area contributed by atoms with E-state index in [-0.39, 0.29) is 12.2 Å². The molecule has 0 heterocycles. The number of hydrogen-bond acceptors (Lipinski definition) is 11. The molecular weight excluding hydrogens is 549 g/mol. The lowest BCUT2D eigenvalue weighted by Gasteiger charge is -2.19. The number of phosphoric acid groups is 1. The highest BCUT2D eigenvalue weighted by Crippen LogP contribution is 2.43. The van der Waals surface area contributed by atoms with Crippen molar-refractivity contribution in [1.82, 2.24) is 0 Å². The lowest BCUT2D eigenvalue weighted by atomic mass is 10.1. The van der Waals surface area contributed by atoms with Gasteiger partial charge in [-0.25, -0.2) is 9.36 Å². The van der Waals surface area contributed by atoms with Crippen LogP contribution in [0, 0.1) is 10.1 Å². The first-order chi connectivity index (χ1) is 17.6. The van der Waals surface area contributed by atoms with Crippen molar-refractivity contribution in [3.8, 4) is 0 Å². The minimum absolute atomic E-state index is 0.104. The minimum Gasteiger partial charge on any atom is -0.477 e. The van der Waals surface area contributed by atoms with Crippen LogP contribution in [-0.4, -0.2) is 63.6 Å². The van der Waals surface area contributed by atoms with E-state index in [0.29, 0.717) is 11.3 Å². The highest BCUT2D eigenvalue weighted by molar-refractivity contribution is 8.76. The number of esters is 1. The van der Waals surface area contributed by atoms with Gasteiger partial charge in [-0.05, 0) is 18.6 Å². The average Bonchev–Trinajstić information content (AvgIpc) is 2.85. The Kier molecular flexibility index (Phi) is 16.7. The van der Waals surface area contributed by atoms with E-state index in [2.05, 4.69) is 11.4 Å². The van der Waals surface area contributed by atoms with E-state index in [1.807, 2.05) is 0 Å². The third kappa shape index (κ3) is 14.7. The van der Waals surface area contributed by atoms with Crippen molar-refractivity contribution in [2.45, 2.75) is 69.3 Å². The predicted octanol–water partition coefficient (Wildman–Crippen LogP) is 5.21. The molecule has 210 valence electrons. The van der Waals surface area contributed by atoms with Crippen LogP contribution < -0.4 is 0 Å². The molecular formula is C22H34NO11PS2. The number of rotatable bonds is 21. The molecule has 15 heteroatoms. The van der Waals surface area contributed by atoms with Gasteiger partial charge in [0.25, 0.3) is 5.69 Å². The molecule has 0 bridgehead atoms. The van der Waals surface area contributed by atoms with Gasteiger partial charge < -0.3 is 19.8 Å². The Hall–Kier alpha value is -1.67. The van der Waals surface area contributed by atoms with Gasteiger partial charge in [0.15, 0.2) is 0 Å². The first-order valence-electron chi connectivity index (χ1n) is 11.8. The fourth-order valence-corrected chi connectivity index (χ4v) is 5.96. The van der Waals surface area contributed by atoms with E-state index in [9.17, 15) is 34.3 Å². The van der Waals surface area contributed by atoms with Crippen LogP contribution >= 0.6 is 29.4 Å². The Morgan fingerprint density at radius 2 is 1.81 bits per heavy atom. The molecule has 0 fully saturated rings. The first kappa shape index (κ1) is 33.4. The molecule has 1 aromatic rings. The molecule has 1 unspecified atom stereocenters. The number of unbranched alkanes of at least 4 members (excludes halogenated alkanes) is 6. The molecule has 0 aliphatic heterocycles. The number of carboxylic acids is 1. The third-order valence-corrected chi connectivity index (χ3v) is 8.25. The smallest absolute Gasteiger partial charge is 0.472 e. The highest BCUT2D eigenvalue weighted by Gasteiger charge is 2.25. The number of phosphoric ester groups is 1. The van der Waals surface area contributed by atoms with E-state index in [4.69, 9.17) is 14.4 Å². The Bertz CT molecular complexity index is 919. The number of nitro groups is 1. The van der Waals surface area contributed by atoms with Gasteiger partial charge in [0.1, 0.15) is 11.7 Å². The summed E-state index contributed by atoms with van der Waals surface area (Å²) in [5, 5.41) is 29.0. The van der Waals surface area contributed by atoms with Gasteiger partial charge in [0, 0.05) is 23.1 Å². The van der Waals surface area contributed by atoms with Crippen LogP contribution in [-0.2, 0) is 23.1 Å². The summed E-state index contributed by atoms with van der Waals surface area (Å²) >= 11 is 0. The van der Waals surface area contributed by atoms with Gasteiger partial charge in [-0.3, -0.25) is 24.0 Å². The molecule has 0 aliphatic rings. The van der Waals surface area contributed by atoms with Gasteiger partial charge in [0.05, 0.1) is 24.7 Å². The maximum atomic E-state index is 12.3. The lowest BCUT2D eigenvalue weighted by molar-refractivity contribution is -0.385. The van der Waals surface area contributed by atoms with Gasteiger partial charge in [-0.15, -0.1) is 0 Å². The van der Waals surface area contributed by atoms with Crippen molar-refractivity contribution in [1.29, 1.82) is 0 Å². The maximum Gasteiger partial charge on any atom is 0.472 e. The minimum atomic E-state index is -4.47. The Morgan fingerprint density at radius 1 is 1.14 bits per heavy atom. The monoisotopic (exact) mass is 583 g/mol. The quantitative estimate of drug-likeness (QED) is 0.0428. The van der Waals surface area contributed by atoms with Crippen LogP contribution in [0.5, 0.6) is 0 Å². The summed E-state index contributed by atoms with van der Waals surface area (Å²) in [5.74, 6) is -1.82. The molecule has 0 saturated carbocycles. The number of carboxylic acid groups (broad SMARTS) is 1. The van der Waals surface area contributed by atoms with Gasteiger partial charge >= 0.3 is 19.8 Å². The number of carbonyl (C=O) groups is 2. The largest absolute Gasteiger partial charge is 0.477 e. The molecule has 0 aromatic heterocycles. The van der Waals surface area contributed by atoms with Gasteiger partial charge in [0.2, 0.25) is 0 Å². The van der Waals surface area contributed by atoms with Crippen molar-refractivity contribution < 1.29 is 48.0 Å². The van der Waals surface area contributed by atoms with Crippen LogP contribution in [0.1, 0.15) is 68.6 Å². The fraction of sp³-hybridized carbons (Fsp3) is 0.636. The molecule has 0 spiro atoms. The summed E-state index contributed by atoms with van der Waals surface area (Å²) in [4.78, 5) is 44.0. The number of aliphatic hydroxyl groups excluding tert-OH is 1. The number of nitrogens with zero attached hydrogens (tertiary/aromatic N) is 1. The molecule has 37 heavy (non-hydrogen) atoms. The molecule has 2 atom stereocenters. The van der Waals surface area contributed by atoms with Crippen LogP contribution in [0.4, 0.5) is 5.69 Å². The van der Waals surface area contributed by atoms with Gasteiger partial charge in [-0.1, -0.05) is 67.0 Å². The van der Waals surface area contributed by atoms with E-state index < -0.39 is 61.9 Å². The first-order valence-corrected chi connectivity index (χ1v) is 15.6. The molecule has 0 saturated heterocycles. The summed E-state index contributed by atoms with van der Waals surface area (Å²) in [6.45, 7) is 0.800. The molecule has 0 radical (unpaired) electrons. The Labute approximate surface area is 223 Å². The Morgan fingerprint density at radius 3 is 2.43 bits per heavy atom.